The van der Waals surface area contributed by atoms with E-state index >= 15 is 0 Å². The van der Waals surface area contributed by atoms with Gasteiger partial charge in [-0.1, -0.05) is 50.2 Å². The molecule has 2 aromatic carbocycles. The number of hydrogen-bond donors (Lipinski definition) is 0. The van der Waals surface area contributed by atoms with Crippen molar-refractivity contribution >= 4 is 16.0 Å². The molecule has 7 heteroatoms. The summed E-state index contributed by atoms with van der Waals surface area (Å²) in [6.45, 7) is 6.71. The van der Waals surface area contributed by atoms with E-state index in [2.05, 4.69) is 26.0 Å². The van der Waals surface area contributed by atoms with E-state index in [4.69, 9.17) is 8.92 Å². The first kappa shape index (κ1) is 23.1. The average Bonchev–Trinajstić information content (AvgIpc) is 3.54. The largest absolute Gasteiger partial charge is 0.493 e. The Morgan fingerprint density at radius 2 is 1.84 bits per heavy atom. The van der Waals surface area contributed by atoms with Crippen molar-refractivity contribution in [2.45, 2.75) is 39.7 Å². The predicted molar refractivity (Wildman–Crippen MR) is 121 cm³/mol. The van der Waals surface area contributed by atoms with Crippen LogP contribution in [0.3, 0.4) is 0 Å². The Hall–Kier alpha value is -2.54. The number of hydrogen-bond acceptors (Lipinski definition) is 5. The van der Waals surface area contributed by atoms with Crippen LogP contribution in [0.15, 0.2) is 48.5 Å². The van der Waals surface area contributed by atoms with Gasteiger partial charge in [0.25, 0.3) is 0 Å². The molecule has 1 amide bonds. The summed E-state index contributed by atoms with van der Waals surface area (Å²) in [6, 6.07) is 15.3. The van der Waals surface area contributed by atoms with Crippen molar-refractivity contribution < 1.29 is 22.1 Å². The Morgan fingerprint density at radius 3 is 2.45 bits per heavy atom. The van der Waals surface area contributed by atoms with Gasteiger partial charge in [-0.05, 0) is 48.4 Å². The third-order valence-electron chi connectivity index (χ3n) is 5.40. The molecule has 2 atom stereocenters. The van der Waals surface area contributed by atoms with Crippen molar-refractivity contribution in [2.75, 3.05) is 19.4 Å². The second kappa shape index (κ2) is 9.73. The molecule has 6 nitrogen and oxygen atoms in total. The zero-order valence-electron chi connectivity index (χ0n) is 18.6. The fraction of sp³-hybridized carbons (Fsp3) is 0.458. The van der Waals surface area contributed by atoms with E-state index in [-0.39, 0.29) is 29.2 Å². The summed E-state index contributed by atoms with van der Waals surface area (Å²) < 4.78 is 34.4. The zero-order chi connectivity index (χ0) is 22.6. The van der Waals surface area contributed by atoms with Crippen molar-refractivity contribution in [2.24, 2.45) is 11.8 Å². The molecule has 1 aliphatic rings. The SMILES string of the molecule is CCS(=O)(=O)Oc1cc(CN(CC(C)C)C(=O)C2CC2c2ccccc2)ccc1OC. The summed E-state index contributed by atoms with van der Waals surface area (Å²) in [5.41, 5.74) is 2.00. The third kappa shape index (κ3) is 6.00. The number of amides is 1. The van der Waals surface area contributed by atoms with Gasteiger partial charge in [0, 0.05) is 19.0 Å². The van der Waals surface area contributed by atoms with Gasteiger partial charge in [0.1, 0.15) is 0 Å². The van der Waals surface area contributed by atoms with Gasteiger partial charge >= 0.3 is 10.1 Å². The molecule has 168 valence electrons. The van der Waals surface area contributed by atoms with Crippen LogP contribution in [0.2, 0.25) is 0 Å². The van der Waals surface area contributed by atoms with Crippen LogP contribution in [0.25, 0.3) is 0 Å². The highest BCUT2D eigenvalue weighted by Gasteiger charge is 2.45. The Bertz CT molecular complexity index is 1000. The van der Waals surface area contributed by atoms with Crippen LogP contribution >= 0.6 is 0 Å². The first-order valence-corrected chi connectivity index (χ1v) is 12.2. The Morgan fingerprint density at radius 1 is 1.13 bits per heavy atom. The lowest BCUT2D eigenvalue weighted by molar-refractivity contribution is -0.133. The summed E-state index contributed by atoms with van der Waals surface area (Å²) >= 11 is 0. The van der Waals surface area contributed by atoms with Crippen molar-refractivity contribution in [3.05, 3.63) is 59.7 Å². The molecule has 1 aliphatic carbocycles. The minimum Gasteiger partial charge on any atom is -0.493 e. The molecule has 0 aromatic heterocycles. The lowest BCUT2D eigenvalue weighted by atomic mass is 10.1. The Kier molecular flexibility index (Phi) is 7.26. The number of rotatable bonds is 10. The molecule has 0 heterocycles. The highest BCUT2D eigenvalue weighted by atomic mass is 32.2. The molecule has 1 fully saturated rings. The van der Waals surface area contributed by atoms with Gasteiger partial charge in [-0.2, -0.15) is 8.42 Å². The first-order valence-electron chi connectivity index (χ1n) is 10.7. The first-order chi connectivity index (χ1) is 14.7. The number of benzene rings is 2. The molecule has 1 saturated carbocycles. The topological polar surface area (TPSA) is 72.9 Å². The van der Waals surface area contributed by atoms with E-state index in [1.807, 2.05) is 29.2 Å². The van der Waals surface area contributed by atoms with Crippen LogP contribution < -0.4 is 8.92 Å². The second-order valence-corrected chi connectivity index (χ2v) is 10.2. The van der Waals surface area contributed by atoms with Crippen molar-refractivity contribution in [3.8, 4) is 11.5 Å². The zero-order valence-corrected chi connectivity index (χ0v) is 19.4. The molecular weight excluding hydrogens is 414 g/mol. The number of carbonyl (C=O) groups excluding carboxylic acids is 1. The molecule has 2 unspecified atom stereocenters. The van der Waals surface area contributed by atoms with Gasteiger partial charge in [0.2, 0.25) is 5.91 Å². The fourth-order valence-electron chi connectivity index (χ4n) is 3.74. The molecule has 0 spiro atoms. The Labute approximate surface area is 185 Å². The quantitative estimate of drug-likeness (QED) is 0.512. The van der Waals surface area contributed by atoms with Gasteiger partial charge < -0.3 is 13.8 Å². The lowest BCUT2D eigenvalue weighted by Crippen LogP contribution is -2.35. The summed E-state index contributed by atoms with van der Waals surface area (Å²) in [6.07, 6.45) is 0.864. The average molecular weight is 446 g/mol. The van der Waals surface area contributed by atoms with Gasteiger partial charge in [-0.25, -0.2) is 0 Å². The van der Waals surface area contributed by atoms with E-state index in [0.717, 1.165) is 12.0 Å². The van der Waals surface area contributed by atoms with Crippen LogP contribution in [-0.2, 0) is 21.5 Å². The van der Waals surface area contributed by atoms with Crippen molar-refractivity contribution in [1.82, 2.24) is 4.90 Å². The van der Waals surface area contributed by atoms with Gasteiger partial charge in [-0.15, -0.1) is 0 Å². The van der Waals surface area contributed by atoms with Crippen LogP contribution in [0, 0.1) is 11.8 Å². The highest BCUT2D eigenvalue weighted by Crippen LogP contribution is 2.48. The molecule has 0 radical (unpaired) electrons. The smallest absolute Gasteiger partial charge is 0.309 e. The van der Waals surface area contributed by atoms with Gasteiger partial charge in [-0.3, -0.25) is 4.79 Å². The maximum Gasteiger partial charge on any atom is 0.309 e. The number of nitrogens with zero attached hydrogens (tertiary/aromatic N) is 1. The minimum atomic E-state index is -3.69. The van der Waals surface area contributed by atoms with Crippen molar-refractivity contribution in [1.29, 1.82) is 0 Å². The molecule has 3 rings (SSSR count). The van der Waals surface area contributed by atoms with Gasteiger partial charge in [0.05, 0.1) is 12.9 Å². The standard InChI is InChI=1S/C24H31NO5S/c1-5-31(27,28)30-23-13-18(11-12-22(23)29-4)16-25(15-17(2)3)24(26)21-14-20(21)19-9-7-6-8-10-19/h6-13,17,20-21H,5,14-16H2,1-4H3. The van der Waals surface area contributed by atoms with E-state index < -0.39 is 10.1 Å². The van der Waals surface area contributed by atoms with Gasteiger partial charge in [0.15, 0.2) is 11.5 Å². The molecule has 2 aromatic rings. The lowest BCUT2D eigenvalue weighted by Gasteiger charge is -2.25. The molecule has 0 saturated heterocycles. The summed E-state index contributed by atoms with van der Waals surface area (Å²) in [7, 11) is -2.22. The highest BCUT2D eigenvalue weighted by molar-refractivity contribution is 7.87. The Balaban J connectivity index is 1.79. The second-order valence-electron chi connectivity index (χ2n) is 8.39. The van der Waals surface area contributed by atoms with Crippen molar-refractivity contribution in [3.63, 3.8) is 0 Å². The predicted octanol–water partition coefficient (Wildman–Crippen LogP) is 4.21. The number of ether oxygens (including phenoxy) is 1. The number of carbonyl (C=O) groups is 1. The van der Waals surface area contributed by atoms with Crippen LogP contribution in [0.1, 0.15) is 44.2 Å². The molecular formula is C24H31NO5S. The van der Waals surface area contributed by atoms with Crippen LogP contribution in [0.5, 0.6) is 11.5 Å². The van der Waals surface area contributed by atoms with E-state index in [1.165, 1.54) is 19.6 Å². The maximum atomic E-state index is 13.3. The van der Waals surface area contributed by atoms with E-state index in [1.54, 1.807) is 12.1 Å². The summed E-state index contributed by atoms with van der Waals surface area (Å²) in [5, 5.41) is 0. The van der Waals surface area contributed by atoms with E-state index in [9.17, 15) is 13.2 Å². The normalized spacial score (nSPS) is 18.0. The number of methoxy groups -OCH3 is 1. The molecule has 0 N–H and O–H groups in total. The summed E-state index contributed by atoms with van der Waals surface area (Å²) in [5.74, 6) is 1.07. The third-order valence-corrected chi connectivity index (χ3v) is 6.54. The monoisotopic (exact) mass is 445 g/mol. The minimum absolute atomic E-state index is 0.00409. The maximum absolute atomic E-state index is 13.3. The van der Waals surface area contributed by atoms with E-state index in [0.29, 0.717) is 24.8 Å². The fourth-order valence-corrected chi connectivity index (χ4v) is 4.27. The molecule has 0 bridgehead atoms. The molecule has 31 heavy (non-hydrogen) atoms. The van der Waals surface area contributed by atoms with Crippen LogP contribution in [-0.4, -0.2) is 38.6 Å². The van der Waals surface area contributed by atoms with Crippen LogP contribution in [0.4, 0.5) is 0 Å². The molecule has 0 aliphatic heterocycles. The summed E-state index contributed by atoms with van der Waals surface area (Å²) in [4.78, 5) is 15.2.